The fourth-order valence-corrected chi connectivity index (χ4v) is 2.68. The molecule has 134 valence electrons. The van der Waals surface area contributed by atoms with E-state index in [0.717, 1.165) is 58.0 Å². The molecule has 0 unspecified atom stereocenters. The van der Waals surface area contributed by atoms with Gasteiger partial charge in [-0.3, -0.25) is 4.79 Å². The van der Waals surface area contributed by atoms with Gasteiger partial charge in [0.15, 0.2) is 0 Å². The molecule has 0 aliphatic heterocycles. The average Bonchev–Trinajstić information content (AvgIpc) is 2.59. The Balaban J connectivity index is 0.00000232. The minimum atomic E-state index is -0.348. The molecule has 1 aliphatic carbocycles. The zero-order valence-electron chi connectivity index (χ0n) is 15.1. The van der Waals surface area contributed by atoms with Gasteiger partial charge in [0.25, 0.3) is 0 Å². The van der Waals surface area contributed by atoms with E-state index in [4.69, 9.17) is 9.47 Å². The molecule has 0 atom stereocenters. The van der Waals surface area contributed by atoms with E-state index in [0.29, 0.717) is 18.5 Å². The number of unbranched alkanes of at least 4 members (excludes halogenated alkanes) is 3. The van der Waals surface area contributed by atoms with E-state index < -0.39 is 0 Å². The fraction of sp³-hybridized carbons (Fsp3) is 0.789. The summed E-state index contributed by atoms with van der Waals surface area (Å²) >= 11 is 0. The second-order valence-electron chi connectivity index (χ2n) is 5.74. The highest BCUT2D eigenvalue weighted by Crippen LogP contribution is 2.26. The number of Topliss-reactive ketones (excluding diaryl/α,β-unsaturated/α-hetero) is 1. The summed E-state index contributed by atoms with van der Waals surface area (Å²) in [5.74, 6) is 0.244. The molecule has 0 radical (unpaired) electrons. The van der Waals surface area contributed by atoms with Gasteiger partial charge in [-0.1, -0.05) is 26.8 Å². The Morgan fingerprint density at radius 1 is 1.00 bits per heavy atom. The van der Waals surface area contributed by atoms with Crippen LogP contribution in [0.1, 0.15) is 72.1 Å². The summed E-state index contributed by atoms with van der Waals surface area (Å²) in [7, 11) is 0. The van der Waals surface area contributed by atoms with Gasteiger partial charge in [0, 0.05) is 18.6 Å². The van der Waals surface area contributed by atoms with Crippen LogP contribution in [0, 0.1) is 5.92 Å². The van der Waals surface area contributed by atoms with Crippen LogP contribution >= 0.6 is 0 Å². The third-order valence-electron chi connectivity index (χ3n) is 4.05. The maximum Gasteiger partial charge on any atom is 0.330 e. The summed E-state index contributed by atoms with van der Waals surface area (Å²) in [5.41, 5.74) is 0. The van der Waals surface area contributed by atoms with Crippen LogP contribution in [0.4, 0.5) is 0 Å². The largest absolute Gasteiger partial charge is 0.463 e. The topological polar surface area (TPSA) is 52.6 Å². The monoisotopic (exact) mass is 326 g/mol. The molecule has 4 heteroatoms. The second-order valence-corrected chi connectivity index (χ2v) is 5.74. The molecule has 0 N–H and O–H groups in total. The van der Waals surface area contributed by atoms with E-state index in [1.807, 2.05) is 13.8 Å². The molecule has 4 nitrogen and oxygen atoms in total. The third kappa shape index (κ3) is 11.1. The Hall–Kier alpha value is -1.16. The summed E-state index contributed by atoms with van der Waals surface area (Å²) in [5, 5.41) is 0. The first-order valence-corrected chi connectivity index (χ1v) is 9.04. The standard InChI is InChI=1S/C17H28O4.C2H6/c1-3-17(19)21-13-7-5-4-6-12-20-16-10-8-15(9-11-16)14(2)18;1-2/h3,15-16H,1,4-13H2,2H3;1-2H3. The lowest BCUT2D eigenvalue weighted by molar-refractivity contribution is -0.137. The maximum absolute atomic E-state index is 11.3. The van der Waals surface area contributed by atoms with Crippen molar-refractivity contribution in [3.63, 3.8) is 0 Å². The van der Waals surface area contributed by atoms with Gasteiger partial charge in [-0.2, -0.15) is 0 Å². The number of hydrogen-bond donors (Lipinski definition) is 0. The highest BCUT2D eigenvalue weighted by molar-refractivity contribution is 5.81. The lowest BCUT2D eigenvalue weighted by Crippen LogP contribution is -2.25. The van der Waals surface area contributed by atoms with Crippen molar-refractivity contribution in [1.29, 1.82) is 0 Å². The molecule has 0 bridgehead atoms. The van der Waals surface area contributed by atoms with Gasteiger partial charge in [0.1, 0.15) is 5.78 Å². The van der Waals surface area contributed by atoms with Gasteiger partial charge in [0.05, 0.1) is 12.7 Å². The molecule has 0 heterocycles. The summed E-state index contributed by atoms with van der Waals surface area (Å²) in [6.07, 6.45) is 9.60. The molecular formula is C19H34O4. The first-order valence-electron chi connectivity index (χ1n) is 9.04. The zero-order valence-corrected chi connectivity index (χ0v) is 15.1. The van der Waals surface area contributed by atoms with Crippen molar-refractivity contribution in [2.45, 2.75) is 78.2 Å². The van der Waals surface area contributed by atoms with Crippen molar-refractivity contribution in [3.05, 3.63) is 12.7 Å². The molecule has 0 aromatic rings. The van der Waals surface area contributed by atoms with Crippen molar-refractivity contribution in [3.8, 4) is 0 Å². The number of esters is 1. The van der Waals surface area contributed by atoms with Crippen molar-refractivity contribution >= 4 is 11.8 Å². The SMILES string of the molecule is C=CC(=O)OCCCCCCOC1CCC(C(C)=O)CC1.CC. The molecular weight excluding hydrogens is 292 g/mol. The minimum Gasteiger partial charge on any atom is -0.463 e. The summed E-state index contributed by atoms with van der Waals surface area (Å²) in [4.78, 5) is 22.1. The highest BCUT2D eigenvalue weighted by Gasteiger charge is 2.23. The lowest BCUT2D eigenvalue weighted by atomic mass is 9.85. The molecule has 1 rings (SSSR count). The van der Waals surface area contributed by atoms with E-state index in [1.54, 1.807) is 6.92 Å². The van der Waals surface area contributed by atoms with Crippen molar-refractivity contribution in [2.75, 3.05) is 13.2 Å². The summed E-state index contributed by atoms with van der Waals surface area (Å²) < 4.78 is 10.8. The number of hydrogen-bond acceptors (Lipinski definition) is 4. The van der Waals surface area contributed by atoms with Gasteiger partial charge in [0.2, 0.25) is 0 Å². The predicted molar refractivity (Wildman–Crippen MR) is 93.4 cm³/mol. The first kappa shape index (κ1) is 21.8. The Morgan fingerprint density at radius 3 is 2.09 bits per heavy atom. The van der Waals surface area contributed by atoms with Gasteiger partial charge < -0.3 is 9.47 Å². The highest BCUT2D eigenvalue weighted by atomic mass is 16.5. The minimum absolute atomic E-state index is 0.267. The summed E-state index contributed by atoms with van der Waals surface area (Å²) in [6.45, 7) is 10.3. The van der Waals surface area contributed by atoms with Crippen molar-refractivity contribution in [2.24, 2.45) is 5.92 Å². The van der Waals surface area contributed by atoms with Gasteiger partial charge >= 0.3 is 5.97 Å². The molecule has 1 aliphatic rings. The summed E-state index contributed by atoms with van der Waals surface area (Å²) in [6, 6.07) is 0. The Labute approximate surface area is 141 Å². The number of carbonyl (C=O) groups is 2. The van der Waals surface area contributed by atoms with Crippen LogP contribution in [-0.2, 0) is 19.1 Å². The normalized spacial score (nSPS) is 20.1. The van der Waals surface area contributed by atoms with Gasteiger partial charge in [-0.05, 0) is 51.9 Å². The predicted octanol–water partition coefficient (Wildman–Crippen LogP) is 4.47. The Kier molecular flexibility index (Phi) is 13.7. The van der Waals surface area contributed by atoms with Crippen molar-refractivity contribution in [1.82, 2.24) is 0 Å². The van der Waals surface area contributed by atoms with E-state index >= 15 is 0 Å². The molecule has 23 heavy (non-hydrogen) atoms. The van der Waals surface area contributed by atoms with Crippen LogP contribution < -0.4 is 0 Å². The van der Waals surface area contributed by atoms with E-state index in [1.165, 1.54) is 6.08 Å². The molecule has 1 saturated carbocycles. The quantitative estimate of drug-likeness (QED) is 0.338. The van der Waals surface area contributed by atoms with Crippen molar-refractivity contribution < 1.29 is 19.1 Å². The molecule has 0 amide bonds. The van der Waals surface area contributed by atoms with Crippen LogP contribution in [0.2, 0.25) is 0 Å². The molecule has 0 saturated heterocycles. The zero-order chi connectivity index (χ0) is 17.5. The Morgan fingerprint density at radius 2 is 1.57 bits per heavy atom. The average molecular weight is 326 g/mol. The molecule has 0 spiro atoms. The van der Waals surface area contributed by atoms with Crippen LogP contribution in [0.5, 0.6) is 0 Å². The fourth-order valence-electron chi connectivity index (χ4n) is 2.68. The van der Waals surface area contributed by atoms with E-state index in [-0.39, 0.29) is 11.9 Å². The number of rotatable bonds is 10. The van der Waals surface area contributed by atoms with E-state index in [9.17, 15) is 9.59 Å². The smallest absolute Gasteiger partial charge is 0.330 e. The number of carbonyl (C=O) groups excluding carboxylic acids is 2. The molecule has 0 aromatic heterocycles. The first-order chi connectivity index (χ1) is 11.1. The van der Waals surface area contributed by atoms with Crippen LogP contribution in [0.15, 0.2) is 12.7 Å². The molecule has 1 fully saturated rings. The lowest BCUT2D eigenvalue weighted by Gasteiger charge is -2.27. The number of ketones is 1. The molecule has 0 aromatic carbocycles. The number of ether oxygens (including phenoxy) is 2. The van der Waals surface area contributed by atoms with E-state index in [2.05, 4.69) is 6.58 Å². The second kappa shape index (κ2) is 14.4. The van der Waals surface area contributed by atoms with Crippen LogP contribution in [0.3, 0.4) is 0 Å². The van der Waals surface area contributed by atoms with Gasteiger partial charge in [-0.15, -0.1) is 0 Å². The van der Waals surface area contributed by atoms with Crippen LogP contribution in [0.25, 0.3) is 0 Å². The van der Waals surface area contributed by atoms with Gasteiger partial charge in [-0.25, -0.2) is 4.79 Å². The maximum atomic E-state index is 11.3. The van der Waals surface area contributed by atoms with Crippen LogP contribution in [-0.4, -0.2) is 31.1 Å². The third-order valence-corrected chi connectivity index (χ3v) is 4.05. The Bertz CT molecular complexity index is 330.